The van der Waals surface area contributed by atoms with Crippen molar-refractivity contribution >= 4 is 15.9 Å². The van der Waals surface area contributed by atoms with Gasteiger partial charge in [0, 0.05) is 16.6 Å². The Labute approximate surface area is 117 Å². The highest BCUT2D eigenvalue weighted by molar-refractivity contribution is 9.10. The lowest BCUT2D eigenvalue weighted by Crippen LogP contribution is -1.99. The normalized spacial score (nSPS) is 12.7. The van der Waals surface area contributed by atoms with E-state index in [2.05, 4.69) is 71.2 Å². The number of rotatable bonds is 4. The SMILES string of the molecule is CCC(C)c1c(Cc2ccc(Br)cc2)n[nH]c1C. The van der Waals surface area contributed by atoms with Crippen LogP contribution in [0.1, 0.15) is 48.7 Å². The molecular formula is C15H19BrN2. The average molecular weight is 307 g/mol. The summed E-state index contributed by atoms with van der Waals surface area (Å²) in [4.78, 5) is 0. The highest BCUT2D eigenvalue weighted by atomic mass is 79.9. The fourth-order valence-corrected chi connectivity index (χ4v) is 2.54. The minimum Gasteiger partial charge on any atom is -0.282 e. The summed E-state index contributed by atoms with van der Waals surface area (Å²) in [6, 6.07) is 8.46. The zero-order valence-corrected chi connectivity index (χ0v) is 12.7. The summed E-state index contributed by atoms with van der Waals surface area (Å²) in [5.41, 5.74) is 5.08. The molecule has 3 heteroatoms. The second-order valence-electron chi connectivity index (χ2n) is 4.82. The van der Waals surface area contributed by atoms with Crippen LogP contribution in [0.3, 0.4) is 0 Å². The number of aryl methyl sites for hydroxylation is 1. The van der Waals surface area contributed by atoms with Gasteiger partial charge in [0.2, 0.25) is 0 Å². The van der Waals surface area contributed by atoms with E-state index in [1.165, 1.54) is 22.5 Å². The van der Waals surface area contributed by atoms with Crippen LogP contribution in [0.15, 0.2) is 28.7 Å². The fraction of sp³-hybridized carbons (Fsp3) is 0.400. The molecule has 1 N–H and O–H groups in total. The Morgan fingerprint density at radius 2 is 1.94 bits per heavy atom. The Kier molecular flexibility index (Phi) is 4.23. The number of aromatic nitrogens is 2. The zero-order valence-electron chi connectivity index (χ0n) is 11.1. The summed E-state index contributed by atoms with van der Waals surface area (Å²) < 4.78 is 1.12. The van der Waals surface area contributed by atoms with Gasteiger partial charge in [0.15, 0.2) is 0 Å². The average Bonchev–Trinajstić information content (AvgIpc) is 2.72. The molecule has 0 saturated carbocycles. The van der Waals surface area contributed by atoms with Crippen molar-refractivity contribution in [2.24, 2.45) is 0 Å². The number of H-pyrrole nitrogens is 1. The van der Waals surface area contributed by atoms with Gasteiger partial charge in [0.1, 0.15) is 0 Å². The third kappa shape index (κ3) is 2.83. The van der Waals surface area contributed by atoms with Gasteiger partial charge in [-0.2, -0.15) is 5.10 Å². The fourth-order valence-electron chi connectivity index (χ4n) is 2.28. The van der Waals surface area contributed by atoms with Crippen LogP contribution in [0, 0.1) is 6.92 Å². The van der Waals surface area contributed by atoms with E-state index in [1.807, 2.05) is 0 Å². The van der Waals surface area contributed by atoms with E-state index < -0.39 is 0 Å². The summed E-state index contributed by atoms with van der Waals surface area (Å²) in [7, 11) is 0. The van der Waals surface area contributed by atoms with Gasteiger partial charge in [-0.3, -0.25) is 5.10 Å². The molecule has 0 amide bonds. The second kappa shape index (κ2) is 5.70. The van der Waals surface area contributed by atoms with Crippen molar-refractivity contribution in [1.29, 1.82) is 0 Å². The molecule has 0 spiro atoms. The smallest absolute Gasteiger partial charge is 0.0703 e. The standard InChI is InChI=1S/C15H19BrN2/c1-4-10(2)15-11(3)17-18-14(15)9-12-5-7-13(16)8-6-12/h5-8,10H,4,9H2,1-3H3,(H,17,18). The van der Waals surface area contributed by atoms with Crippen molar-refractivity contribution in [1.82, 2.24) is 10.2 Å². The monoisotopic (exact) mass is 306 g/mol. The van der Waals surface area contributed by atoms with Gasteiger partial charge in [-0.1, -0.05) is 41.9 Å². The summed E-state index contributed by atoms with van der Waals surface area (Å²) in [6.45, 7) is 6.60. The lowest BCUT2D eigenvalue weighted by atomic mass is 9.94. The number of benzene rings is 1. The van der Waals surface area contributed by atoms with Crippen molar-refractivity contribution in [3.8, 4) is 0 Å². The Morgan fingerprint density at radius 1 is 1.28 bits per heavy atom. The molecular weight excluding hydrogens is 288 g/mol. The summed E-state index contributed by atoms with van der Waals surface area (Å²) in [6.07, 6.45) is 2.05. The number of hydrogen-bond acceptors (Lipinski definition) is 1. The van der Waals surface area contributed by atoms with Crippen molar-refractivity contribution in [3.05, 3.63) is 51.3 Å². The minimum absolute atomic E-state index is 0.564. The maximum Gasteiger partial charge on any atom is 0.0703 e. The maximum atomic E-state index is 4.47. The first kappa shape index (κ1) is 13.3. The molecule has 0 radical (unpaired) electrons. The topological polar surface area (TPSA) is 28.7 Å². The van der Waals surface area contributed by atoms with Crippen LogP contribution in [0.25, 0.3) is 0 Å². The highest BCUT2D eigenvalue weighted by Gasteiger charge is 2.15. The maximum absolute atomic E-state index is 4.47. The van der Waals surface area contributed by atoms with Crippen LogP contribution < -0.4 is 0 Å². The lowest BCUT2D eigenvalue weighted by molar-refractivity contribution is 0.720. The quantitative estimate of drug-likeness (QED) is 0.879. The molecule has 0 aliphatic rings. The van der Waals surface area contributed by atoms with Gasteiger partial charge in [-0.15, -0.1) is 0 Å². The number of hydrogen-bond donors (Lipinski definition) is 1. The molecule has 0 saturated heterocycles. The molecule has 0 fully saturated rings. The molecule has 96 valence electrons. The molecule has 1 heterocycles. The van der Waals surface area contributed by atoms with Gasteiger partial charge in [0.05, 0.1) is 5.69 Å². The van der Waals surface area contributed by atoms with E-state index in [1.54, 1.807) is 0 Å². The Hall–Kier alpha value is -1.09. The number of nitrogens with one attached hydrogen (secondary N) is 1. The van der Waals surface area contributed by atoms with Gasteiger partial charge < -0.3 is 0 Å². The first-order chi connectivity index (χ1) is 8.61. The first-order valence-corrected chi connectivity index (χ1v) is 7.19. The molecule has 2 rings (SSSR count). The Balaban J connectivity index is 2.26. The summed E-state index contributed by atoms with van der Waals surface area (Å²) in [5.74, 6) is 0.564. The first-order valence-electron chi connectivity index (χ1n) is 6.40. The summed E-state index contributed by atoms with van der Waals surface area (Å²) in [5, 5.41) is 7.59. The number of halogens is 1. The zero-order chi connectivity index (χ0) is 13.1. The van der Waals surface area contributed by atoms with Gasteiger partial charge >= 0.3 is 0 Å². The van der Waals surface area contributed by atoms with Crippen LogP contribution >= 0.6 is 15.9 Å². The Morgan fingerprint density at radius 3 is 2.56 bits per heavy atom. The van der Waals surface area contributed by atoms with Crippen LogP contribution in [-0.4, -0.2) is 10.2 Å². The number of nitrogens with zero attached hydrogens (tertiary/aromatic N) is 1. The highest BCUT2D eigenvalue weighted by Crippen LogP contribution is 2.26. The van der Waals surface area contributed by atoms with Crippen molar-refractivity contribution in [2.75, 3.05) is 0 Å². The molecule has 1 atom stereocenters. The largest absolute Gasteiger partial charge is 0.282 e. The van der Waals surface area contributed by atoms with Crippen molar-refractivity contribution in [3.63, 3.8) is 0 Å². The van der Waals surface area contributed by atoms with E-state index in [9.17, 15) is 0 Å². The van der Waals surface area contributed by atoms with E-state index in [-0.39, 0.29) is 0 Å². The molecule has 2 nitrogen and oxygen atoms in total. The third-order valence-electron chi connectivity index (χ3n) is 3.46. The molecule has 1 aromatic heterocycles. The van der Waals surface area contributed by atoms with Crippen LogP contribution in [0.4, 0.5) is 0 Å². The van der Waals surface area contributed by atoms with Gasteiger partial charge in [0.25, 0.3) is 0 Å². The van der Waals surface area contributed by atoms with E-state index in [4.69, 9.17) is 0 Å². The summed E-state index contributed by atoms with van der Waals surface area (Å²) >= 11 is 3.46. The molecule has 0 aliphatic heterocycles. The second-order valence-corrected chi connectivity index (χ2v) is 5.74. The van der Waals surface area contributed by atoms with Crippen molar-refractivity contribution < 1.29 is 0 Å². The van der Waals surface area contributed by atoms with Gasteiger partial charge in [-0.25, -0.2) is 0 Å². The van der Waals surface area contributed by atoms with Crippen LogP contribution in [0.2, 0.25) is 0 Å². The molecule has 2 aromatic rings. The van der Waals surface area contributed by atoms with Crippen LogP contribution in [-0.2, 0) is 6.42 Å². The van der Waals surface area contributed by atoms with E-state index in [0.29, 0.717) is 5.92 Å². The lowest BCUT2D eigenvalue weighted by Gasteiger charge is -2.10. The minimum atomic E-state index is 0.564. The van der Waals surface area contributed by atoms with Crippen LogP contribution in [0.5, 0.6) is 0 Å². The molecule has 0 bridgehead atoms. The number of aromatic amines is 1. The van der Waals surface area contributed by atoms with Gasteiger partial charge in [-0.05, 0) is 42.5 Å². The molecule has 1 unspecified atom stereocenters. The van der Waals surface area contributed by atoms with E-state index in [0.717, 1.165) is 17.3 Å². The molecule has 1 aromatic carbocycles. The predicted octanol–water partition coefficient (Wildman–Crippen LogP) is 4.58. The predicted molar refractivity (Wildman–Crippen MR) is 79.0 cm³/mol. The Bertz CT molecular complexity index is 514. The molecule has 0 aliphatic carbocycles. The van der Waals surface area contributed by atoms with Crippen molar-refractivity contribution in [2.45, 2.75) is 39.5 Å². The third-order valence-corrected chi connectivity index (χ3v) is 3.99. The molecule has 18 heavy (non-hydrogen) atoms. The van der Waals surface area contributed by atoms with E-state index >= 15 is 0 Å².